The number of H-pyrrole nitrogens is 1. The molecule has 1 aromatic heterocycles. The predicted molar refractivity (Wildman–Crippen MR) is 118 cm³/mol. The number of fused-ring (bicyclic) bond motifs is 1. The number of hydrogen-bond acceptors (Lipinski definition) is 3. The fraction of sp³-hybridized carbons (Fsp3) is 0.348. The minimum atomic E-state index is -3.70. The topological polar surface area (TPSA) is 82.3 Å². The van der Waals surface area contributed by atoms with Gasteiger partial charge in [0.05, 0.1) is 4.90 Å². The van der Waals surface area contributed by atoms with Gasteiger partial charge >= 0.3 is 0 Å². The lowest BCUT2D eigenvalue weighted by molar-refractivity contribution is -0.124. The van der Waals surface area contributed by atoms with Gasteiger partial charge in [-0.15, -0.1) is 0 Å². The first kappa shape index (κ1) is 20.6. The van der Waals surface area contributed by atoms with E-state index in [-0.39, 0.29) is 10.8 Å². The fourth-order valence-electron chi connectivity index (χ4n) is 4.06. The van der Waals surface area contributed by atoms with Crippen molar-refractivity contribution < 1.29 is 13.2 Å². The van der Waals surface area contributed by atoms with Crippen molar-refractivity contribution in [3.05, 3.63) is 64.8 Å². The Labute approximate surface area is 177 Å². The van der Waals surface area contributed by atoms with E-state index in [0.717, 1.165) is 27.7 Å². The van der Waals surface area contributed by atoms with Gasteiger partial charge in [0.15, 0.2) is 0 Å². The third-order valence-electron chi connectivity index (χ3n) is 5.97. The van der Waals surface area contributed by atoms with Gasteiger partial charge in [0.1, 0.15) is 6.04 Å². The molecule has 0 spiro atoms. The minimum absolute atomic E-state index is 0.233. The summed E-state index contributed by atoms with van der Waals surface area (Å²) in [7, 11) is -3.70. The summed E-state index contributed by atoms with van der Waals surface area (Å²) < 4.78 is 27.5. The highest BCUT2D eigenvalue weighted by Gasteiger charge is 2.39. The van der Waals surface area contributed by atoms with Crippen molar-refractivity contribution in [3.63, 3.8) is 0 Å². The van der Waals surface area contributed by atoms with Crippen LogP contribution in [-0.2, 0) is 21.4 Å². The number of nitrogens with zero attached hydrogens (tertiary/aromatic N) is 1. The molecular formula is C23H27N3O3S. The Balaban J connectivity index is 1.49. The maximum absolute atomic E-state index is 13.1. The Hall–Kier alpha value is -2.64. The van der Waals surface area contributed by atoms with Crippen LogP contribution in [0.3, 0.4) is 0 Å². The monoisotopic (exact) mass is 425 g/mol. The molecular weight excluding hydrogens is 398 g/mol. The first-order valence-electron chi connectivity index (χ1n) is 10.2. The number of hydrogen-bond donors (Lipinski definition) is 2. The molecule has 0 bridgehead atoms. The van der Waals surface area contributed by atoms with Gasteiger partial charge in [-0.25, -0.2) is 8.42 Å². The van der Waals surface area contributed by atoms with Gasteiger partial charge in [-0.3, -0.25) is 4.79 Å². The highest BCUT2D eigenvalue weighted by molar-refractivity contribution is 7.89. The van der Waals surface area contributed by atoms with E-state index in [9.17, 15) is 13.2 Å². The number of sulfonamides is 1. The van der Waals surface area contributed by atoms with Crippen LogP contribution < -0.4 is 5.32 Å². The van der Waals surface area contributed by atoms with Gasteiger partial charge in [-0.05, 0) is 69.0 Å². The van der Waals surface area contributed by atoms with Crippen molar-refractivity contribution in [1.82, 2.24) is 14.6 Å². The second-order valence-electron chi connectivity index (χ2n) is 8.06. The molecule has 1 saturated heterocycles. The quantitative estimate of drug-likeness (QED) is 0.656. The molecule has 0 unspecified atom stereocenters. The number of aromatic amines is 1. The summed E-state index contributed by atoms with van der Waals surface area (Å²) in [6, 6.07) is 12.2. The van der Waals surface area contributed by atoms with Crippen LogP contribution in [0, 0.1) is 20.8 Å². The zero-order valence-electron chi connectivity index (χ0n) is 17.5. The van der Waals surface area contributed by atoms with Gasteiger partial charge in [0.25, 0.3) is 0 Å². The van der Waals surface area contributed by atoms with Crippen molar-refractivity contribution in [3.8, 4) is 0 Å². The van der Waals surface area contributed by atoms with Gasteiger partial charge in [-0.1, -0.05) is 23.8 Å². The van der Waals surface area contributed by atoms with Gasteiger partial charge < -0.3 is 10.3 Å². The molecule has 7 heteroatoms. The standard InChI is InChI=1S/C23H27N3O3S/c1-15-6-9-19(10-7-15)30(28,29)26-12-4-5-22(26)23(27)24-14-18-8-11-21-20(13-18)16(2)17(3)25-21/h6-11,13,22,25H,4-5,12,14H2,1-3H3,(H,24,27)/t22-/m0/s1. The van der Waals surface area contributed by atoms with Crippen molar-refractivity contribution >= 4 is 26.8 Å². The van der Waals surface area contributed by atoms with Crippen molar-refractivity contribution in [1.29, 1.82) is 0 Å². The molecule has 2 heterocycles. The number of benzene rings is 2. The average molecular weight is 426 g/mol. The normalized spacial score (nSPS) is 17.5. The number of amides is 1. The summed E-state index contributed by atoms with van der Waals surface area (Å²) in [6.07, 6.45) is 1.21. The molecule has 4 rings (SSSR count). The Morgan fingerprint density at radius 1 is 1.13 bits per heavy atom. The third-order valence-corrected chi connectivity index (χ3v) is 7.90. The maximum atomic E-state index is 13.1. The van der Waals surface area contributed by atoms with Crippen LogP contribution in [0.15, 0.2) is 47.4 Å². The fourth-order valence-corrected chi connectivity index (χ4v) is 5.72. The summed E-state index contributed by atoms with van der Waals surface area (Å²) in [6.45, 7) is 6.76. The summed E-state index contributed by atoms with van der Waals surface area (Å²) in [5.41, 5.74) is 5.39. The summed E-state index contributed by atoms with van der Waals surface area (Å²) in [5.74, 6) is -0.245. The van der Waals surface area contributed by atoms with Crippen molar-refractivity contribution in [2.45, 2.75) is 51.1 Å². The first-order valence-corrected chi connectivity index (χ1v) is 11.7. The lowest BCUT2D eigenvalue weighted by Gasteiger charge is -2.23. The molecule has 1 aliphatic heterocycles. The van der Waals surface area contributed by atoms with Crippen molar-refractivity contribution in [2.75, 3.05) is 6.54 Å². The molecule has 0 aliphatic carbocycles. The molecule has 2 aromatic carbocycles. The highest BCUT2D eigenvalue weighted by Crippen LogP contribution is 2.27. The van der Waals surface area contributed by atoms with Gasteiger partial charge in [0.2, 0.25) is 15.9 Å². The highest BCUT2D eigenvalue weighted by atomic mass is 32.2. The van der Waals surface area contributed by atoms with Crippen LogP contribution >= 0.6 is 0 Å². The molecule has 3 aromatic rings. The number of rotatable bonds is 5. The lowest BCUT2D eigenvalue weighted by Crippen LogP contribution is -2.45. The smallest absolute Gasteiger partial charge is 0.243 e. The summed E-state index contributed by atoms with van der Waals surface area (Å²) >= 11 is 0. The molecule has 1 fully saturated rings. The Morgan fingerprint density at radius 3 is 2.60 bits per heavy atom. The molecule has 1 atom stereocenters. The predicted octanol–water partition coefficient (Wildman–Crippen LogP) is 3.56. The van der Waals surface area contributed by atoms with Crippen LogP contribution in [0.5, 0.6) is 0 Å². The van der Waals surface area contributed by atoms with E-state index in [1.165, 1.54) is 9.87 Å². The molecule has 1 amide bonds. The summed E-state index contributed by atoms with van der Waals surface area (Å²) in [5, 5.41) is 4.08. The van der Waals surface area contributed by atoms with E-state index >= 15 is 0 Å². The van der Waals surface area contributed by atoms with Gasteiger partial charge in [-0.2, -0.15) is 4.31 Å². The Kier molecular flexibility index (Phi) is 5.42. The molecule has 0 radical (unpaired) electrons. The Bertz CT molecular complexity index is 1200. The largest absolute Gasteiger partial charge is 0.358 e. The third kappa shape index (κ3) is 3.75. The average Bonchev–Trinajstić information content (AvgIpc) is 3.33. The second-order valence-corrected chi connectivity index (χ2v) is 9.95. The first-order chi connectivity index (χ1) is 14.3. The molecule has 30 heavy (non-hydrogen) atoms. The number of carbonyl (C=O) groups excluding carboxylic acids is 1. The van der Waals surface area contributed by atoms with Gasteiger partial charge in [0, 0.05) is 29.7 Å². The van der Waals surface area contributed by atoms with Crippen LogP contribution in [0.4, 0.5) is 0 Å². The zero-order chi connectivity index (χ0) is 21.5. The Morgan fingerprint density at radius 2 is 1.87 bits per heavy atom. The second kappa shape index (κ2) is 7.89. The van der Waals surface area contributed by atoms with Crippen LogP contribution in [0.25, 0.3) is 10.9 Å². The van der Waals surface area contributed by atoms with E-state index in [0.29, 0.717) is 25.9 Å². The molecule has 2 N–H and O–H groups in total. The van der Waals surface area contributed by atoms with E-state index in [1.54, 1.807) is 24.3 Å². The zero-order valence-corrected chi connectivity index (χ0v) is 18.3. The molecule has 158 valence electrons. The van der Waals surface area contributed by atoms with E-state index in [4.69, 9.17) is 0 Å². The van der Waals surface area contributed by atoms with E-state index in [2.05, 4.69) is 23.3 Å². The SMILES string of the molecule is Cc1ccc(S(=O)(=O)N2CCC[C@H]2C(=O)NCc2ccc3[nH]c(C)c(C)c3c2)cc1. The van der Waals surface area contributed by atoms with E-state index in [1.807, 2.05) is 26.0 Å². The number of nitrogens with one attached hydrogen (secondary N) is 2. The molecule has 1 aliphatic rings. The minimum Gasteiger partial charge on any atom is -0.358 e. The van der Waals surface area contributed by atoms with Crippen LogP contribution in [0.2, 0.25) is 0 Å². The lowest BCUT2D eigenvalue weighted by atomic mass is 10.1. The van der Waals surface area contributed by atoms with Crippen molar-refractivity contribution in [2.24, 2.45) is 0 Å². The number of carbonyl (C=O) groups is 1. The van der Waals surface area contributed by atoms with E-state index < -0.39 is 16.1 Å². The van der Waals surface area contributed by atoms with Crippen LogP contribution in [0.1, 0.15) is 35.2 Å². The van der Waals surface area contributed by atoms with Crippen LogP contribution in [-0.4, -0.2) is 36.2 Å². The summed E-state index contributed by atoms with van der Waals surface area (Å²) in [4.78, 5) is 16.4. The maximum Gasteiger partial charge on any atom is 0.243 e. The molecule has 6 nitrogen and oxygen atoms in total. The molecule has 0 saturated carbocycles. The number of aryl methyl sites for hydroxylation is 3. The number of aromatic nitrogens is 1.